The molecule has 0 fully saturated rings. The van der Waals surface area contributed by atoms with Gasteiger partial charge in [-0.05, 0) is 54.3 Å². The van der Waals surface area contributed by atoms with Crippen molar-refractivity contribution in [3.05, 3.63) is 58.6 Å². The molecule has 7 heteroatoms. The molecule has 2 aromatic carbocycles. The largest absolute Gasteiger partial charge is 0.325 e. The highest BCUT2D eigenvalue weighted by molar-refractivity contribution is 9.10. The number of carbonyl (C=O) groups excluding carboxylic acids is 1. The van der Waals surface area contributed by atoms with E-state index in [4.69, 9.17) is 0 Å². The molecule has 0 aliphatic carbocycles. The SMILES string of the molecule is CCC(C)c1ccc(NC(=O)CN(C)S(=O)(=O)c2ccc(Br)cc2)cc1. The molecule has 0 aromatic heterocycles. The van der Waals surface area contributed by atoms with Gasteiger partial charge >= 0.3 is 0 Å². The van der Waals surface area contributed by atoms with E-state index in [-0.39, 0.29) is 17.3 Å². The highest BCUT2D eigenvalue weighted by Gasteiger charge is 2.22. The number of rotatable bonds is 7. The van der Waals surface area contributed by atoms with Gasteiger partial charge in [0.15, 0.2) is 0 Å². The number of likely N-dealkylation sites (N-methyl/N-ethyl adjacent to an activating group) is 1. The molecule has 0 radical (unpaired) electrons. The van der Waals surface area contributed by atoms with Crippen molar-refractivity contribution in [2.45, 2.75) is 31.1 Å². The van der Waals surface area contributed by atoms with E-state index in [1.54, 1.807) is 12.1 Å². The van der Waals surface area contributed by atoms with Crippen molar-refractivity contribution in [2.24, 2.45) is 0 Å². The predicted molar refractivity (Wildman–Crippen MR) is 108 cm³/mol. The first kappa shape index (κ1) is 20.6. The van der Waals surface area contributed by atoms with Crippen LogP contribution < -0.4 is 5.32 Å². The molecule has 0 bridgehead atoms. The summed E-state index contributed by atoms with van der Waals surface area (Å²) in [7, 11) is -2.32. The van der Waals surface area contributed by atoms with Crippen LogP contribution in [0.1, 0.15) is 31.7 Å². The fraction of sp³-hybridized carbons (Fsp3) is 0.316. The summed E-state index contributed by atoms with van der Waals surface area (Å²) in [5.74, 6) is 0.0754. The standard InChI is InChI=1S/C19H23BrN2O3S/c1-4-14(2)15-5-9-17(10-6-15)21-19(23)13-22(3)26(24,25)18-11-7-16(20)8-12-18/h5-12,14H,4,13H2,1-3H3,(H,21,23). The Bertz CT molecular complexity index is 849. The lowest BCUT2D eigenvalue weighted by atomic mass is 9.99. The molecule has 0 saturated carbocycles. The lowest BCUT2D eigenvalue weighted by Gasteiger charge is -2.17. The number of carbonyl (C=O) groups is 1. The van der Waals surface area contributed by atoms with Crippen molar-refractivity contribution >= 4 is 37.5 Å². The van der Waals surface area contributed by atoms with Gasteiger partial charge in [0.25, 0.3) is 0 Å². The van der Waals surface area contributed by atoms with Gasteiger partial charge in [0.2, 0.25) is 15.9 Å². The summed E-state index contributed by atoms with van der Waals surface area (Å²) >= 11 is 3.27. The van der Waals surface area contributed by atoms with Gasteiger partial charge in [-0.15, -0.1) is 0 Å². The Kier molecular flexibility index (Phi) is 6.97. The minimum atomic E-state index is -3.71. The summed E-state index contributed by atoms with van der Waals surface area (Å²) in [5.41, 5.74) is 1.86. The van der Waals surface area contributed by atoms with Crippen molar-refractivity contribution in [2.75, 3.05) is 18.9 Å². The van der Waals surface area contributed by atoms with Crippen LogP contribution >= 0.6 is 15.9 Å². The molecule has 2 rings (SSSR count). The molecule has 0 spiro atoms. The van der Waals surface area contributed by atoms with E-state index in [1.807, 2.05) is 24.3 Å². The summed E-state index contributed by atoms with van der Waals surface area (Å²) in [6, 6.07) is 13.9. The van der Waals surface area contributed by atoms with E-state index in [1.165, 1.54) is 24.7 Å². The number of nitrogens with one attached hydrogen (secondary N) is 1. The highest BCUT2D eigenvalue weighted by atomic mass is 79.9. The fourth-order valence-electron chi connectivity index (χ4n) is 2.40. The van der Waals surface area contributed by atoms with Gasteiger partial charge < -0.3 is 5.32 Å². The fourth-order valence-corrected chi connectivity index (χ4v) is 3.80. The first-order chi connectivity index (χ1) is 12.2. The first-order valence-electron chi connectivity index (χ1n) is 8.35. The number of sulfonamides is 1. The molecule has 0 heterocycles. The van der Waals surface area contributed by atoms with Crippen molar-refractivity contribution in [3.63, 3.8) is 0 Å². The van der Waals surface area contributed by atoms with Crippen LogP contribution in [0.5, 0.6) is 0 Å². The molecule has 5 nitrogen and oxygen atoms in total. The minimum absolute atomic E-state index is 0.147. The zero-order valence-electron chi connectivity index (χ0n) is 15.1. The van der Waals surface area contributed by atoms with Crippen LogP contribution in [0.15, 0.2) is 57.9 Å². The van der Waals surface area contributed by atoms with Crippen molar-refractivity contribution in [1.82, 2.24) is 4.31 Å². The Morgan fingerprint density at radius 1 is 1.12 bits per heavy atom. The summed E-state index contributed by atoms with van der Waals surface area (Å²) in [4.78, 5) is 12.4. The van der Waals surface area contributed by atoms with Crippen molar-refractivity contribution in [3.8, 4) is 0 Å². The molecular weight excluding hydrogens is 416 g/mol. The van der Waals surface area contributed by atoms with Crippen molar-refractivity contribution < 1.29 is 13.2 Å². The zero-order valence-corrected chi connectivity index (χ0v) is 17.5. The number of halogens is 1. The smallest absolute Gasteiger partial charge is 0.243 e. The van der Waals surface area contributed by atoms with Crippen molar-refractivity contribution in [1.29, 1.82) is 0 Å². The predicted octanol–water partition coefficient (Wildman–Crippen LogP) is 4.22. The molecule has 1 N–H and O–H groups in total. The second kappa shape index (κ2) is 8.79. The topological polar surface area (TPSA) is 66.5 Å². The van der Waals surface area contributed by atoms with Gasteiger partial charge in [-0.2, -0.15) is 4.31 Å². The second-order valence-corrected chi connectivity index (χ2v) is 9.16. The Labute approximate surface area is 163 Å². The van der Waals surface area contributed by atoms with Crippen LogP contribution in [-0.4, -0.2) is 32.2 Å². The molecule has 0 aliphatic heterocycles. The third kappa shape index (κ3) is 5.16. The van der Waals surface area contributed by atoms with Crippen LogP contribution in [0.2, 0.25) is 0 Å². The maximum absolute atomic E-state index is 12.5. The van der Waals surface area contributed by atoms with Crippen LogP contribution in [-0.2, 0) is 14.8 Å². The molecular formula is C19H23BrN2O3S. The van der Waals surface area contributed by atoms with Gasteiger partial charge in [0.05, 0.1) is 11.4 Å². The normalized spacial score (nSPS) is 12.8. The highest BCUT2D eigenvalue weighted by Crippen LogP contribution is 2.21. The van der Waals surface area contributed by atoms with E-state index < -0.39 is 10.0 Å². The number of hydrogen-bond donors (Lipinski definition) is 1. The molecule has 1 unspecified atom stereocenters. The van der Waals surface area contributed by atoms with Crippen LogP contribution in [0.3, 0.4) is 0 Å². The number of benzene rings is 2. The first-order valence-corrected chi connectivity index (χ1v) is 10.6. The quantitative estimate of drug-likeness (QED) is 0.703. The summed E-state index contributed by atoms with van der Waals surface area (Å²) in [6.45, 7) is 4.02. The van der Waals surface area contributed by atoms with E-state index in [0.717, 1.165) is 15.2 Å². The van der Waals surface area contributed by atoms with E-state index in [9.17, 15) is 13.2 Å². The molecule has 1 atom stereocenters. The lowest BCUT2D eigenvalue weighted by molar-refractivity contribution is -0.116. The Balaban J connectivity index is 2.01. The molecule has 0 aliphatic rings. The molecule has 2 aromatic rings. The molecule has 1 amide bonds. The molecule has 0 saturated heterocycles. The monoisotopic (exact) mass is 438 g/mol. The lowest BCUT2D eigenvalue weighted by Crippen LogP contribution is -2.34. The zero-order chi connectivity index (χ0) is 19.3. The minimum Gasteiger partial charge on any atom is -0.325 e. The Morgan fingerprint density at radius 2 is 1.69 bits per heavy atom. The van der Waals surface area contributed by atoms with Gasteiger partial charge in [-0.1, -0.05) is 41.9 Å². The number of nitrogens with zero attached hydrogens (tertiary/aromatic N) is 1. The second-order valence-electron chi connectivity index (χ2n) is 6.19. The Hall–Kier alpha value is -1.70. The third-order valence-corrected chi connectivity index (χ3v) is 6.61. The average molecular weight is 439 g/mol. The summed E-state index contributed by atoms with van der Waals surface area (Å²) in [6.07, 6.45) is 1.05. The maximum Gasteiger partial charge on any atom is 0.243 e. The Morgan fingerprint density at radius 3 is 2.23 bits per heavy atom. The van der Waals surface area contributed by atoms with Gasteiger partial charge in [0, 0.05) is 17.2 Å². The maximum atomic E-state index is 12.5. The van der Waals surface area contributed by atoms with Gasteiger partial charge in [-0.25, -0.2) is 8.42 Å². The number of amides is 1. The van der Waals surface area contributed by atoms with Gasteiger partial charge in [-0.3, -0.25) is 4.79 Å². The van der Waals surface area contributed by atoms with E-state index in [2.05, 4.69) is 35.1 Å². The number of anilines is 1. The van der Waals surface area contributed by atoms with Gasteiger partial charge in [0.1, 0.15) is 0 Å². The summed E-state index contributed by atoms with van der Waals surface area (Å²) < 4.78 is 26.9. The number of hydrogen-bond acceptors (Lipinski definition) is 3. The van der Waals surface area contributed by atoms with E-state index >= 15 is 0 Å². The summed E-state index contributed by atoms with van der Waals surface area (Å²) in [5, 5.41) is 2.74. The third-order valence-electron chi connectivity index (χ3n) is 4.26. The van der Waals surface area contributed by atoms with Crippen LogP contribution in [0, 0.1) is 0 Å². The average Bonchev–Trinajstić information content (AvgIpc) is 2.61. The van der Waals surface area contributed by atoms with Crippen LogP contribution in [0.4, 0.5) is 5.69 Å². The molecule has 26 heavy (non-hydrogen) atoms. The van der Waals surface area contributed by atoms with E-state index in [0.29, 0.717) is 11.6 Å². The molecule has 140 valence electrons. The van der Waals surface area contributed by atoms with Crippen LogP contribution in [0.25, 0.3) is 0 Å².